The van der Waals surface area contributed by atoms with Crippen LogP contribution >= 0.6 is 8.25 Å². The van der Waals surface area contributed by atoms with Crippen molar-refractivity contribution in [3.05, 3.63) is 0 Å². The van der Waals surface area contributed by atoms with Crippen LogP contribution in [0.25, 0.3) is 0 Å². The van der Waals surface area contributed by atoms with E-state index in [-0.39, 0.29) is 7.43 Å². The normalized spacial score (nSPS) is 7.70. The summed E-state index contributed by atoms with van der Waals surface area (Å²) in [7, 11) is -3.13. The van der Waals surface area contributed by atoms with Gasteiger partial charge in [0.2, 0.25) is 0 Å². The predicted octanol–water partition coefficient (Wildman–Crippen LogP) is 0.613. The van der Waals surface area contributed by atoms with Crippen LogP contribution in [0.15, 0.2) is 0 Å². The third-order valence-electron chi connectivity index (χ3n) is 0.500. The molecule has 0 rings (SSSR count). The number of nitrogens with one attached hydrogen (secondary N) is 1. The van der Waals surface area contributed by atoms with Crippen LogP contribution in [0, 0.1) is 0 Å². The van der Waals surface area contributed by atoms with E-state index in [0.717, 1.165) is 13.1 Å². The van der Waals surface area contributed by atoms with Crippen LogP contribution in [-0.2, 0) is 4.57 Å². The van der Waals surface area contributed by atoms with Crippen LogP contribution in [0.3, 0.4) is 0 Å². The van der Waals surface area contributed by atoms with E-state index >= 15 is 0 Å². The first kappa shape index (κ1) is 16.6. The van der Waals surface area contributed by atoms with Gasteiger partial charge in [0.25, 0.3) is 0 Å². The highest BCUT2D eigenvalue weighted by atomic mass is 31.1. The van der Waals surface area contributed by atoms with Crippen molar-refractivity contribution in [1.82, 2.24) is 5.32 Å². The second kappa shape index (κ2) is 16.1. The zero-order chi connectivity index (χ0) is 7.70. The van der Waals surface area contributed by atoms with Crippen LogP contribution in [0.4, 0.5) is 0 Å². The van der Waals surface area contributed by atoms with Crippen molar-refractivity contribution in [2.75, 3.05) is 13.1 Å². The molecule has 0 heterocycles. The first-order valence-electron chi connectivity index (χ1n) is 2.77. The van der Waals surface area contributed by atoms with Crippen LogP contribution < -0.4 is 5.32 Å². The minimum Gasteiger partial charge on any atom is -0.326 e. The Labute approximate surface area is 63.2 Å². The first-order chi connectivity index (χ1) is 4.15. The monoisotopic (exact) mass is 171 g/mol. The summed E-state index contributed by atoms with van der Waals surface area (Å²) in [6, 6.07) is 0. The van der Waals surface area contributed by atoms with Gasteiger partial charge in [-0.15, -0.1) is 0 Å². The molecule has 0 aromatic carbocycles. The van der Waals surface area contributed by atoms with Gasteiger partial charge in [-0.05, 0) is 13.1 Å². The summed E-state index contributed by atoms with van der Waals surface area (Å²) < 4.78 is 8.74. The summed E-state index contributed by atoms with van der Waals surface area (Å²) in [6.07, 6.45) is 0. The van der Waals surface area contributed by atoms with Crippen LogP contribution in [0.5, 0.6) is 0 Å². The Balaban J connectivity index is -0.0000000910. The summed E-state index contributed by atoms with van der Waals surface area (Å²) in [5.41, 5.74) is 0. The van der Waals surface area contributed by atoms with E-state index in [9.17, 15) is 0 Å². The standard InChI is InChI=1S/C4H11N.CH4.H3O3P/c1-3-5-4-2;;1-4(2)3/h5H,3-4H2,1-2H3;1H4;4H,(H2,1,2,3). The lowest BCUT2D eigenvalue weighted by molar-refractivity contribution is 0.405. The Hall–Kier alpha value is 0.110. The third kappa shape index (κ3) is 92.1. The van der Waals surface area contributed by atoms with E-state index in [2.05, 4.69) is 19.2 Å². The van der Waals surface area contributed by atoms with Gasteiger partial charge in [-0.3, -0.25) is 4.57 Å². The molecule has 10 heavy (non-hydrogen) atoms. The lowest BCUT2D eigenvalue weighted by Crippen LogP contribution is -2.09. The second-order valence-electron chi connectivity index (χ2n) is 1.24. The molecule has 0 radical (unpaired) electrons. The van der Waals surface area contributed by atoms with E-state index in [0.29, 0.717) is 0 Å². The summed E-state index contributed by atoms with van der Waals surface area (Å²) in [5, 5.41) is 3.11. The molecule has 66 valence electrons. The maximum Gasteiger partial charge on any atom is 0.314 e. The highest BCUT2D eigenvalue weighted by Gasteiger charge is 1.62. The van der Waals surface area contributed by atoms with Crippen LogP contribution in [-0.4, -0.2) is 22.9 Å². The maximum atomic E-state index is 8.74. The molecule has 0 unspecified atom stereocenters. The molecule has 0 amide bonds. The fourth-order valence-corrected chi connectivity index (χ4v) is 0.250. The van der Waals surface area contributed by atoms with Gasteiger partial charge in [0.15, 0.2) is 0 Å². The van der Waals surface area contributed by atoms with Crippen molar-refractivity contribution in [2.24, 2.45) is 0 Å². The molecule has 0 saturated carbocycles. The smallest absolute Gasteiger partial charge is 0.314 e. The maximum absolute atomic E-state index is 8.74. The SMILES string of the molecule is C.CCNCC.O=[PH](O)O. The van der Waals surface area contributed by atoms with Crippen LogP contribution in [0.2, 0.25) is 0 Å². The Morgan fingerprint density at radius 2 is 1.50 bits per heavy atom. The van der Waals surface area contributed by atoms with Gasteiger partial charge in [0, 0.05) is 0 Å². The molecule has 3 N–H and O–H groups in total. The first-order valence-corrected chi connectivity index (χ1v) is 4.08. The van der Waals surface area contributed by atoms with Gasteiger partial charge in [0.05, 0.1) is 0 Å². The molecular weight excluding hydrogens is 153 g/mol. The minimum absolute atomic E-state index is 0. The van der Waals surface area contributed by atoms with Crippen molar-refractivity contribution in [3.63, 3.8) is 0 Å². The predicted molar refractivity (Wildman–Crippen MR) is 44.4 cm³/mol. The minimum atomic E-state index is -3.13. The van der Waals surface area contributed by atoms with E-state index in [4.69, 9.17) is 14.4 Å². The van der Waals surface area contributed by atoms with Gasteiger partial charge in [-0.2, -0.15) is 0 Å². The number of hydrogen-bond donors (Lipinski definition) is 3. The van der Waals surface area contributed by atoms with E-state index in [1.807, 2.05) is 0 Å². The molecule has 0 fully saturated rings. The lowest BCUT2D eigenvalue weighted by Gasteiger charge is -1.86. The number of hydrogen-bond acceptors (Lipinski definition) is 2. The average Bonchev–Trinajstić information content (AvgIpc) is 1.66. The van der Waals surface area contributed by atoms with Crippen molar-refractivity contribution in [2.45, 2.75) is 21.3 Å². The highest BCUT2D eigenvalue weighted by Crippen LogP contribution is 1.98. The van der Waals surface area contributed by atoms with Crippen molar-refractivity contribution >= 4 is 8.25 Å². The molecule has 0 aliphatic rings. The van der Waals surface area contributed by atoms with Gasteiger partial charge in [0.1, 0.15) is 0 Å². The summed E-state index contributed by atoms with van der Waals surface area (Å²) >= 11 is 0. The second-order valence-corrected chi connectivity index (χ2v) is 1.80. The summed E-state index contributed by atoms with van der Waals surface area (Å²) in [4.78, 5) is 14.3. The van der Waals surface area contributed by atoms with Gasteiger partial charge in [-0.1, -0.05) is 21.3 Å². The van der Waals surface area contributed by atoms with Gasteiger partial charge in [-0.25, -0.2) is 0 Å². The average molecular weight is 171 g/mol. The summed E-state index contributed by atoms with van der Waals surface area (Å²) in [6.45, 7) is 6.39. The fourth-order valence-electron chi connectivity index (χ4n) is 0.250. The Morgan fingerprint density at radius 3 is 1.50 bits per heavy atom. The molecule has 0 atom stereocenters. The molecule has 0 aromatic heterocycles. The van der Waals surface area contributed by atoms with Gasteiger partial charge < -0.3 is 15.1 Å². The van der Waals surface area contributed by atoms with Crippen molar-refractivity contribution in [1.29, 1.82) is 0 Å². The molecule has 0 saturated heterocycles. The quantitative estimate of drug-likeness (QED) is 0.532. The Bertz CT molecular complexity index is 63.9. The van der Waals surface area contributed by atoms with E-state index < -0.39 is 8.25 Å². The Kier molecular flexibility index (Phi) is 26.6. The number of rotatable bonds is 2. The fraction of sp³-hybridized carbons (Fsp3) is 1.00. The largest absolute Gasteiger partial charge is 0.326 e. The molecule has 0 aliphatic heterocycles. The van der Waals surface area contributed by atoms with Crippen molar-refractivity contribution in [3.8, 4) is 0 Å². The molecule has 0 spiro atoms. The van der Waals surface area contributed by atoms with E-state index in [1.54, 1.807) is 0 Å². The van der Waals surface area contributed by atoms with Crippen molar-refractivity contribution < 1.29 is 14.4 Å². The highest BCUT2D eigenvalue weighted by molar-refractivity contribution is 7.30. The zero-order valence-corrected chi connectivity index (χ0v) is 6.72. The van der Waals surface area contributed by atoms with Gasteiger partial charge >= 0.3 is 8.25 Å². The molecular formula is C5H18NO3P. The molecule has 0 aliphatic carbocycles. The lowest BCUT2D eigenvalue weighted by atomic mass is 10.7. The topological polar surface area (TPSA) is 69.6 Å². The van der Waals surface area contributed by atoms with Crippen LogP contribution in [0.1, 0.15) is 21.3 Å². The third-order valence-corrected chi connectivity index (χ3v) is 0.500. The molecule has 0 aromatic rings. The molecule has 4 nitrogen and oxygen atoms in total. The van der Waals surface area contributed by atoms with E-state index in [1.165, 1.54) is 0 Å². The molecule has 0 bridgehead atoms. The zero-order valence-electron chi connectivity index (χ0n) is 5.72. The molecule has 5 heteroatoms. The summed E-state index contributed by atoms with van der Waals surface area (Å²) in [5.74, 6) is 0. The Morgan fingerprint density at radius 1 is 1.30 bits per heavy atom.